The lowest BCUT2D eigenvalue weighted by Gasteiger charge is -2.17. The van der Waals surface area contributed by atoms with Crippen molar-refractivity contribution in [1.29, 1.82) is 0 Å². The average molecular weight is 325 g/mol. The third kappa shape index (κ3) is 2.67. The molecule has 1 aromatic heterocycles. The van der Waals surface area contributed by atoms with E-state index in [0.29, 0.717) is 15.1 Å². The first kappa shape index (κ1) is 13.3. The van der Waals surface area contributed by atoms with Crippen molar-refractivity contribution < 1.29 is 26.7 Å². The molecule has 0 aromatic carbocycles. The lowest BCUT2D eigenvalue weighted by atomic mass is 10.3. The third-order valence-electron chi connectivity index (χ3n) is 1.34. The molecule has 10 heteroatoms. The van der Waals surface area contributed by atoms with Crippen LogP contribution in [-0.2, 0) is 4.79 Å². The number of nitrogens with one attached hydrogen (secondary N) is 1. The van der Waals surface area contributed by atoms with Crippen molar-refractivity contribution in [3.8, 4) is 0 Å². The van der Waals surface area contributed by atoms with Gasteiger partial charge in [-0.1, -0.05) is 11.3 Å². The Kier molecular flexibility index (Phi) is 3.53. The maximum absolute atomic E-state index is 12.4. The Bertz CT molecular complexity index is 404. The van der Waals surface area contributed by atoms with Gasteiger partial charge < -0.3 is 0 Å². The standard InChI is InChI=1S/C6H2BrF5N2OS/c7-2-1-13-4(16-2)14-3(15)5(8,9)6(10,11)12/h1H,(H,13,14,15). The number of amides is 1. The van der Waals surface area contributed by atoms with E-state index in [-0.39, 0.29) is 5.13 Å². The molecule has 0 unspecified atom stereocenters. The summed E-state index contributed by atoms with van der Waals surface area (Å²) in [7, 11) is 0. The molecule has 1 aromatic rings. The molecule has 0 aliphatic carbocycles. The van der Waals surface area contributed by atoms with E-state index in [1.165, 1.54) is 5.32 Å². The van der Waals surface area contributed by atoms with Gasteiger partial charge in [0.2, 0.25) is 0 Å². The fraction of sp³-hybridized carbons (Fsp3) is 0.333. The number of thiazole rings is 1. The molecule has 3 nitrogen and oxygen atoms in total. The van der Waals surface area contributed by atoms with Crippen molar-refractivity contribution in [1.82, 2.24) is 4.98 Å². The van der Waals surface area contributed by atoms with E-state index in [1.807, 2.05) is 0 Å². The van der Waals surface area contributed by atoms with Gasteiger partial charge in [0.05, 0.1) is 9.98 Å². The Hall–Kier alpha value is -0.770. The molecule has 16 heavy (non-hydrogen) atoms. The molecule has 0 bridgehead atoms. The van der Waals surface area contributed by atoms with Crippen LogP contribution in [0.4, 0.5) is 27.1 Å². The smallest absolute Gasteiger partial charge is 0.296 e. The van der Waals surface area contributed by atoms with Gasteiger partial charge in [0.25, 0.3) is 0 Å². The maximum Gasteiger partial charge on any atom is 0.463 e. The predicted molar refractivity (Wildman–Crippen MR) is 49.4 cm³/mol. The van der Waals surface area contributed by atoms with Gasteiger partial charge in [-0.2, -0.15) is 22.0 Å². The second-order valence-corrected chi connectivity index (χ2v) is 4.91. The number of hydrogen-bond acceptors (Lipinski definition) is 3. The predicted octanol–water partition coefficient (Wildman–Crippen LogP) is 3.04. The third-order valence-corrected chi connectivity index (χ3v) is 2.73. The first-order valence-corrected chi connectivity index (χ1v) is 5.13. The van der Waals surface area contributed by atoms with Crippen LogP contribution in [0.15, 0.2) is 9.98 Å². The lowest BCUT2D eigenvalue weighted by Crippen LogP contribution is -2.47. The monoisotopic (exact) mass is 324 g/mol. The summed E-state index contributed by atoms with van der Waals surface area (Å²) in [6.45, 7) is 0. The molecular formula is C6H2BrF5N2OS. The summed E-state index contributed by atoms with van der Waals surface area (Å²) in [4.78, 5) is 14.1. The van der Waals surface area contributed by atoms with Crippen molar-refractivity contribution >= 4 is 38.3 Å². The minimum absolute atomic E-state index is 0.346. The highest BCUT2D eigenvalue weighted by Gasteiger charge is 2.63. The van der Waals surface area contributed by atoms with Crippen LogP contribution in [0.5, 0.6) is 0 Å². The van der Waals surface area contributed by atoms with Crippen LogP contribution in [0, 0.1) is 0 Å². The van der Waals surface area contributed by atoms with Gasteiger partial charge in [0, 0.05) is 0 Å². The zero-order chi connectivity index (χ0) is 12.6. The molecule has 0 spiro atoms. The van der Waals surface area contributed by atoms with Crippen LogP contribution < -0.4 is 5.32 Å². The molecule has 0 radical (unpaired) electrons. The fourth-order valence-corrected chi connectivity index (χ4v) is 1.72. The average Bonchev–Trinajstić information content (AvgIpc) is 2.49. The first-order valence-electron chi connectivity index (χ1n) is 3.52. The molecule has 0 fully saturated rings. The topological polar surface area (TPSA) is 42.0 Å². The summed E-state index contributed by atoms with van der Waals surface area (Å²) in [5.41, 5.74) is 0. The molecule has 0 aliphatic heterocycles. The van der Waals surface area contributed by atoms with Crippen LogP contribution in [0.2, 0.25) is 0 Å². The van der Waals surface area contributed by atoms with E-state index in [0.717, 1.165) is 6.20 Å². The van der Waals surface area contributed by atoms with Gasteiger partial charge in [-0.25, -0.2) is 4.98 Å². The normalized spacial score (nSPS) is 12.6. The van der Waals surface area contributed by atoms with Gasteiger partial charge in [-0.3, -0.25) is 10.1 Å². The van der Waals surface area contributed by atoms with E-state index < -0.39 is 18.0 Å². The van der Waals surface area contributed by atoms with Crippen molar-refractivity contribution in [2.24, 2.45) is 0 Å². The number of alkyl halides is 5. The molecular weight excluding hydrogens is 323 g/mol. The zero-order valence-electron chi connectivity index (χ0n) is 7.11. The molecule has 1 amide bonds. The fourth-order valence-electron chi connectivity index (χ4n) is 0.617. The number of carbonyl (C=O) groups excluding carboxylic acids is 1. The van der Waals surface area contributed by atoms with E-state index >= 15 is 0 Å². The number of rotatable bonds is 2. The largest absolute Gasteiger partial charge is 0.463 e. The summed E-state index contributed by atoms with van der Waals surface area (Å²) in [6, 6.07) is 0. The van der Waals surface area contributed by atoms with Crippen molar-refractivity contribution in [3.05, 3.63) is 9.98 Å². The minimum atomic E-state index is -5.93. The van der Waals surface area contributed by atoms with Crippen molar-refractivity contribution in [3.63, 3.8) is 0 Å². The van der Waals surface area contributed by atoms with Gasteiger partial charge in [-0.15, -0.1) is 0 Å². The van der Waals surface area contributed by atoms with Gasteiger partial charge in [-0.05, 0) is 15.9 Å². The molecule has 0 saturated heterocycles. The van der Waals surface area contributed by atoms with Crippen molar-refractivity contribution in [2.75, 3.05) is 5.32 Å². The Labute approximate surface area is 97.8 Å². The Morgan fingerprint density at radius 1 is 1.38 bits per heavy atom. The van der Waals surface area contributed by atoms with Crippen LogP contribution in [-0.4, -0.2) is 23.0 Å². The molecule has 0 atom stereocenters. The summed E-state index contributed by atoms with van der Waals surface area (Å²) < 4.78 is 60.5. The number of hydrogen-bond donors (Lipinski definition) is 1. The quantitative estimate of drug-likeness (QED) is 0.850. The SMILES string of the molecule is O=C(Nc1ncc(Br)s1)C(F)(F)C(F)(F)F. The molecule has 0 saturated carbocycles. The lowest BCUT2D eigenvalue weighted by molar-refractivity contribution is -0.267. The van der Waals surface area contributed by atoms with E-state index in [4.69, 9.17) is 0 Å². The highest BCUT2D eigenvalue weighted by Crippen LogP contribution is 2.36. The van der Waals surface area contributed by atoms with Crippen molar-refractivity contribution in [2.45, 2.75) is 12.1 Å². The van der Waals surface area contributed by atoms with E-state index in [9.17, 15) is 26.7 Å². The first-order chi connectivity index (χ1) is 7.14. The van der Waals surface area contributed by atoms with Gasteiger partial charge >= 0.3 is 18.0 Å². The molecule has 90 valence electrons. The van der Waals surface area contributed by atoms with Crippen LogP contribution >= 0.6 is 27.3 Å². The maximum atomic E-state index is 12.4. The molecule has 0 aliphatic rings. The highest BCUT2D eigenvalue weighted by atomic mass is 79.9. The zero-order valence-corrected chi connectivity index (χ0v) is 9.51. The second-order valence-electron chi connectivity index (χ2n) is 2.50. The summed E-state index contributed by atoms with van der Waals surface area (Å²) in [5, 5.41) is 1.03. The molecule has 1 heterocycles. The minimum Gasteiger partial charge on any atom is -0.296 e. The van der Waals surface area contributed by atoms with E-state index in [1.54, 1.807) is 0 Å². The Morgan fingerprint density at radius 2 is 1.94 bits per heavy atom. The number of aromatic nitrogens is 1. The number of anilines is 1. The summed E-state index contributed by atoms with van der Waals surface area (Å²) in [5.74, 6) is -7.90. The molecule has 1 rings (SSSR count). The number of carbonyl (C=O) groups is 1. The number of nitrogens with zero attached hydrogens (tertiary/aromatic N) is 1. The molecule has 1 N–H and O–H groups in total. The van der Waals surface area contributed by atoms with E-state index in [2.05, 4.69) is 20.9 Å². The second kappa shape index (κ2) is 4.24. The summed E-state index contributed by atoms with van der Waals surface area (Å²) in [6.07, 6.45) is -4.77. The Morgan fingerprint density at radius 3 is 2.31 bits per heavy atom. The van der Waals surface area contributed by atoms with Crippen LogP contribution in [0.1, 0.15) is 0 Å². The summed E-state index contributed by atoms with van der Waals surface area (Å²) >= 11 is 3.62. The van der Waals surface area contributed by atoms with Gasteiger partial charge in [0.15, 0.2) is 5.13 Å². The Balaban J connectivity index is 2.80. The number of halogens is 6. The van der Waals surface area contributed by atoms with Gasteiger partial charge in [0.1, 0.15) is 0 Å². The van der Waals surface area contributed by atoms with Crippen LogP contribution in [0.3, 0.4) is 0 Å². The highest BCUT2D eigenvalue weighted by molar-refractivity contribution is 9.11. The van der Waals surface area contributed by atoms with Crippen LogP contribution in [0.25, 0.3) is 0 Å².